The molecule has 0 aliphatic carbocycles. The molecule has 0 saturated carbocycles. The SMILES string of the molecule is CCNC(=O)C(Cc1cnn(Cc2ccccn2)c1)C(=O)N(c1ccccc1)S(=O)(=O)/C=C/c1ccccc1. The highest BCUT2D eigenvalue weighted by atomic mass is 32.2. The number of nitrogens with one attached hydrogen (secondary N) is 1. The molecule has 2 aromatic carbocycles. The van der Waals surface area contributed by atoms with E-state index in [1.54, 1.807) is 72.7 Å². The summed E-state index contributed by atoms with van der Waals surface area (Å²) in [5.74, 6) is -2.73. The summed E-state index contributed by atoms with van der Waals surface area (Å²) in [5.41, 5.74) is 2.21. The summed E-state index contributed by atoms with van der Waals surface area (Å²) in [6.07, 6.45) is 6.37. The number of carbonyl (C=O) groups excluding carboxylic acids is 2. The van der Waals surface area contributed by atoms with Crippen LogP contribution < -0.4 is 9.62 Å². The van der Waals surface area contributed by atoms with Gasteiger partial charge in [0.15, 0.2) is 0 Å². The number of carbonyl (C=O) groups is 2. The lowest BCUT2D eigenvalue weighted by molar-refractivity contribution is -0.133. The summed E-state index contributed by atoms with van der Waals surface area (Å²) in [5, 5.41) is 7.99. The Hall–Kier alpha value is -4.57. The van der Waals surface area contributed by atoms with Gasteiger partial charge in [-0.2, -0.15) is 5.10 Å². The Morgan fingerprint density at radius 3 is 2.36 bits per heavy atom. The van der Waals surface area contributed by atoms with Crippen LogP contribution in [0.1, 0.15) is 23.7 Å². The molecule has 9 nitrogen and oxygen atoms in total. The number of sulfonamides is 1. The molecule has 200 valence electrons. The zero-order valence-corrected chi connectivity index (χ0v) is 22.2. The summed E-state index contributed by atoms with van der Waals surface area (Å²) < 4.78 is 29.5. The molecule has 0 aliphatic heterocycles. The fourth-order valence-corrected chi connectivity index (χ4v) is 5.22. The van der Waals surface area contributed by atoms with Crippen molar-refractivity contribution in [1.29, 1.82) is 0 Å². The predicted octanol–water partition coefficient (Wildman–Crippen LogP) is 3.66. The van der Waals surface area contributed by atoms with Gasteiger partial charge in [0.2, 0.25) is 5.91 Å². The smallest absolute Gasteiger partial charge is 0.264 e. The number of rotatable bonds is 11. The maximum absolute atomic E-state index is 13.9. The third-order valence-corrected chi connectivity index (χ3v) is 7.20. The lowest BCUT2D eigenvalue weighted by Gasteiger charge is -2.25. The number of nitrogens with zero attached hydrogens (tertiary/aromatic N) is 4. The van der Waals surface area contributed by atoms with Gasteiger partial charge in [-0.25, -0.2) is 12.7 Å². The van der Waals surface area contributed by atoms with Crippen LogP contribution in [0.15, 0.2) is 103 Å². The van der Waals surface area contributed by atoms with E-state index in [0.29, 0.717) is 22.0 Å². The molecule has 2 amide bonds. The van der Waals surface area contributed by atoms with E-state index >= 15 is 0 Å². The molecular weight excluding hydrogens is 514 g/mol. The molecule has 0 radical (unpaired) electrons. The van der Waals surface area contributed by atoms with E-state index in [2.05, 4.69) is 15.4 Å². The lowest BCUT2D eigenvalue weighted by Crippen LogP contribution is -2.46. The van der Waals surface area contributed by atoms with Gasteiger partial charge < -0.3 is 5.32 Å². The van der Waals surface area contributed by atoms with Gasteiger partial charge in [0.1, 0.15) is 5.92 Å². The quantitative estimate of drug-likeness (QED) is 0.289. The molecule has 0 saturated heterocycles. The third kappa shape index (κ3) is 7.26. The van der Waals surface area contributed by atoms with E-state index in [0.717, 1.165) is 11.1 Å². The monoisotopic (exact) mass is 543 g/mol. The Morgan fingerprint density at radius 1 is 1.00 bits per heavy atom. The maximum Gasteiger partial charge on any atom is 0.264 e. The fraction of sp³-hybridized carbons (Fsp3) is 0.172. The molecule has 2 aromatic heterocycles. The van der Waals surface area contributed by atoms with Crippen molar-refractivity contribution >= 4 is 33.6 Å². The lowest BCUT2D eigenvalue weighted by atomic mass is 9.99. The second-order valence-corrected chi connectivity index (χ2v) is 10.4. The Balaban J connectivity index is 1.66. The fourth-order valence-electron chi connectivity index (χ4n) is 3.98. The average Bonchev–Trinajstić information content (AvgIpc) is 3.39. The van der Waals surface area contributed by atoms with Crippen molar-refractivity contribution in [2.24, 2.45) is 5.92 Å². The summed E-state index contributed by atoms with van der Waals surface area (Å²) in [6.45, 7) is 2.43. The average molecular weight is 544 g/mol. The molecule has 1 unspecified atom stereocenters. The van der Waals surface area contributed by atoms with Crippen LogP contribution in [0.4, 0.5) is 5.69 Å². The first-order chi connectivity index (χ1) is 18.9. The first kappa shape index (κ1) is 27.5. The zero-order chi connectivity index (χ0) is 27.7. The molecule has 39 heavy (non-hydrogen) atoms. The summed E-state index contributed by atoms with van der Waals surface area (Å²) in [7, 11) is -4.30. The van der Waals surface area contributed by atoms with Crippen molar-refractivity contribution in [2.75, 3.05) is 10.8 Å². The number of anilines is 1. The van der Waals surface area contributed by atoms with Crippen molar-refractivity contribution in [3.8, 4) is 0 Å². The zero-order valence-electron chi connectivity index (χ0n) is 21.4. The first-order valence-electron chi connectivity index (χ1n) is 12.4. The summed E-state index contributed by atoms with van der Waals surface area (Å²) in [6, 6.07) is 22.5. The minimum atomic E-state index is -4.30. The largest absolute Gasteiger partial charge is 0.356 e. The predicted molar refractivity (Wildman–Crippen MR) is 150 cm³/mol. The van der Waals surface area contributed by atoms with Gasteiger partial charge in [0, 0.05) is 18.9 Å². The van der Waals surface area contributed by atoms with Gasteiger partial charge in [0.05, 0.1) is 29.5 Å². The third-order valence-electron chi connectivity index (χ3n) is 5.82. The minimum Gasteiger partial charge on any atom is -0.356 e. The van der Waals surface area contributed by atoms with Crippen molar-refractivity contribution in [3.05, 3.63) is 120 Å². The minimum absolute atomic E-state index is 0.0336. The van der Waals surface area contributed by atoms with E-state index < -0.39 is 27.8 Å². The van der Waals surface area contributed by atoms with Crippen LogP contribution in [0.3, 0.4) is 0 Å². The van der Waals surface area contributed by atoms with Crippen molar-refractivity contribution in [1.82, 2.24) is 20.1 Å². The molecule has 2 heterocycles. The number of para-hydroxylation sites is 1. The Labute approximate surface area is 227 Å². The normalized spacial score (nSPS) is 12.2. The van der Waals surface area contributed by atoms with Gasteiger partial charge in [-0.15, -0.1) is 0 Å². The highest BCUT2D eigenvalue weighted by Gasteiger charge is 2.37. The maximum atomic E-state index is 13.9. The number of aromatic nitrogens is 3. The van der Waals surface area contributed by atoms with Crippen LogP contribution >= 0.6 is 0 Å². The molecule has 1 atom stereocenters. The van der Waals surface area contributed by atoms with E-state index in [1.165, 1.54) is 18.2 Å². The highest BCUT2D eigenvalue weighted by Crippen LogP contribution is 2.24. The number of pyridine rings is 1. The number of benzene rings is 2. The molecule has 0 fully saturated rings. The number of hydrogen-bond acceptors (Lipinski definition) is 6. The van der Waals surface area contributed by atoms with Gasteiger partial charge in [-0.1, -0.05) is 54.6 Å². The van der Waals surface area contributed by atoms with Crippen LogP contribution in [-0.4, -0.2) is 41.5 Å². The van der Waals surface area contributed by atoms with E-state index in [4.69, 9.17) is 0 Å². The highest BCUT2D eigenvalue weighted by molar-refractivity contribution is 7.96. The molecule has 0 bridgehead atoms. The molecule has 4 rings (SSSR count). The van der Waals surface area contributed by atoms with Gasteiger partial charge in [-0.05, 0) is 54.8 Å². The van der Waals surface area contributed by atoms with E-state index in [-0.39, 0.29) is 18.7 Å². The van der Waals surface area contributed by atoms with E-state index in [1.807, 2.05) is 24.3 Å². The second-order valence-electron chi connectivity index (χ2n) is 8.72. The Morgan fingerprint density at radius 2 is 1.69 bits per heavy atom. The summed E-state index contributed by atoms with van der Waals surface area (Å²) in [4.78, 5) is 31.3. The van der Waals surface area contributed by atoms with Crippen LogP contribution in [0, 0.1) is 5.92 Å². The number of amides is 2. The molecule has 10 heteroatoms. The van der Waals surface area contributed by atoms with Crippen LogP contribution in [-0.2, 0) is 32.6 Å². The van der Waals surface area contributed by atoms with Crippen LogP contribution in [0.2, 0.25) is 0 Å². The van der Waals surface area contributed by atoms with Crippen molar-refractivity contribution in [2.45, 2.75) is 19.9 Å². The second kappa shape index (κ2) is 12.8. The topological polar surface area (TPSA) is 114 Å². The van der Waals surface area contributed by atoms with E-state index in [9.17, 15) is 18.0 Å². The molecule has 1 N–H and O–H groups in total. The standard InChI is InChI=1S/C29H29N5O4S/c1-2-30-28(35)27(19-24-20-32-33(21-24)22-25-13-9-10-17-31-25)29(36)34(26-14-7-4-8-15-26)39(37,38)18-16-23-11-5-3-6-12-23/h3-18,20-21,27H,2,19,22H2,1H3,(H,30,35)/b18-16+. The Bertz CT molecular complexity index is 1520. The van der Waals surface area contributed by atoms with Gasteiger partial charge in [-0.3, -0.25) is 19.3 Å². The van der Waals surface area contributed by atoms with Crippen molar-refractivity contribution < 1.29 is 18.0 Å². The van der Waals surface area contributed by atoms with Gasteiger partial charge >= 0.3 is 0 Å². The van der Waals surface area contributed by atoms with Crippen molar-refractivity contribution in [3.63, 3.8) is 0 Å². The van der Waals surface area contributed by atoms with Crippen LogP contribution in [0.5, 0.6) is 0 Å². The molecular formula is C29H29N5O4S. The van der Waals surface area contributed by atoms with Gasteiger partial charge in [0.25, 0.3) is 15.9 Å². The number of hydrogen-bond donors (Lipinski definition) is 1. The molecule has 0 aliphatic rings. The molecule has 4 aromatic rings. The Kier molecular flexibility index (Phi) is 9.01. The summed E-state index contributed by atoms with van der Waals surface area (Å²) >= 11 is 0. The first-order valence-corrected chi connectivity index (χ1v) is 13.9. The molecule has 0 spiro atoms. The van der Waals surface area contributed by atoms with Crippen LogP contribution in [0.25, 0.3) is 6.08 Å².